The first-order valence-corrected chi connectivity index (χ1v) is 4.61. The Hall–Kier alpha value is -0.120. The lowest BCUT2D eigenvalue weighted by Crippen LogP contribution is -2.56. The average Bonchev–Trinajstić information content (AvgIpc) is 2.32. The van der Waals surface area contributed by atoms with Crippen LogP contribution in [0.1, 0.15) is 27.2 Å². The second kappa shape index (κ2) is 3.73. The number of hydrogen-bond acceptors (Lipinski definition) is 3. The van der Waals surface area contributed by atoms with Crippen molar-refractivity contribution in [1.29, 1.82) is 0 Å². The molecule has 1 heterocycles. The number of nitrogens with one attached hydrogen (secondary N) is 1. The number of aliphatic hydroxyl groups excluding tert-OH is 1. The summed E-state index contributed by atoms with van der Waals surface area (Å²) in [6.07, 6.45) is 1.02. The van der Waals surface area contributed by atoms with E-state index in [1.807, 2.05) is 6.92 Å². The van der Waals surface area contributed by atoms with Gasteiger partial charge >= 0.3 is 0 Å². The van der Waals surface area contributed by atoms with Crippen molar-refractivity contribution in [3.63, 3.8) is 0 Å². The van der Waals surface area contributed by atoms with E-state index in [0.717, 1.165) is 13.0 Å². The van der Waals surface area contributed by atoms with E-state index in [1.165, 1.54) is 0 Å². The largest absolute Gasteiger partial charge is 0.394 e. The highest BCUT2D eigenvalue weighted by Crippen LogP contribution is 2.25. The van der Waals surface area contributed by atoms with E-state index >= 15 is 0 Å². The van der Waals surface area contributed by atoms with Crippen LogP contribution in [0.2, 0.25) is 0 Å². The fourth-order valence-electron chi connectivity index (χ4n) is 1.80. The standard InChI is InChI=1S/C9H19NO2/c1-7(2)10-9(6-11)4-5-12-8(9)3/h7-8,10-11H,4-6H2,1-3H3. The maximum Gasteiger partial charge on any atom is 0.0751 e. The molecule has 3 heteroatoms. The van der Waals surface area contributed by atoms with Crippen LogP contribution in [0.4, 0.5) is 0 Å². The summed E-state index contributed by atoms with van der Waals surface area (Å²) >= 11 is 0. The van der Waals surface area contributed by atoms with E-state index in [4.69, 9.17) is 4.74 Å². The molecule has 0 saturated carbocycles. The van der Waals surface area contributed by atoms with E-state index in [0.29, 0.717) is 6.04 Å². The molecule has 1 saturated heterocycles. The monoisotopic (exact) mass is 173 g/mol. The quantitative estimate of drug-likeness (QED) is 0.654. The molecule has 0 radical (unpaired) electrons. The van der Waals surface area contributed by atoms with Gasteiger partial charge in [-0.2, -0.15) is 0 Å². The molecule has 1 aliphatic rings. The van der Waals surface area contributed by atoms with E-state index < -0.39 is 0 Å². The molecule has 2 atom stereocenters. The molecule has 2 N–H and O–H groups in total. The summed E-state index contributed by atoms with van der Waals surface area (Å²) in [5.74, 6) is 0. The van der Waals surface area contributed by atoms with Crippen LogP contribution in [0.15, 0.2) is 0 Å². The molecule has 1 fully saturated rings. The molecule has 1 aliphatic heterocycles. The van der Waals surface area contributed by atoms with Gasteiger partial charge in [0.25, 0.3) is 0 Å². The molecule has 1 rings (SSSR count). The average molecular weight is 173 g/mol. The summed E-state index contributed by atoms with van der Waals surface area (Å²) in [5.41, 5.74) is -0.200. The third-order valence-electron chi connectivity index (χ3n) is 2.55. The highest BCUT2D eigenvalue weighted by Gasteiger charge is 2.40. The minimum absolute atomic E-state index is 0.116. The number of hydrogen-bond donors (Lipinski definition) is 2. The summed E-state index contributed by atoms with van der Waals surface area (Å²) < 4.78 is 5.44. The van der Waals surface area contributed by atoms with Gasteiger partial charge < -0.3 is 15.2 Å². The van der Waals surface area contributed by atoms with Gasteiger partial charge in [0.2, 0.25) is 0 Å². The van der Waals surface area contributed by atoms with Gasteiger partial charge in [-0.15, -0.1) is 0 Å². The number of ether oxygens (including phenoxy) is 1. The fraction of sp³-hybridized carbons (Fsp3) is 1.00. The predicted molar refractivity (Wildman–Crippen MR) is 48.1 cm³/mol. The highest BCUT2D eigenvalue weighted by molar-refractivity contribution is 4.97. The molecule has 12 heavy (non-hydrogen) atoms. The molecule has 0 aromatic rings. The Bertz CT molecular complexity index is 149. The molecule has 0 spiro atoms. The van der Waals surface area contributed by atoms with Crippen molar-refractivity contribution in [2.75, 3.05) is 13.2 Å². The first kappa shape index (κ1) is 9.96. The normalized spacial score (nSPS) is 36.2. The van der Waals surface area contributed by atoms with Gasteiger partial charge in [-0.25, -0.2) is 0 Å². The second-order valence-electron chi connectivity index (χ2n) is 3.88. The third kappa shape index (κ3) is 1.79. The maximum atomic E-state index is 9.29. The summed E-state index contributed by atoms with van der Waals surface area (Å²) in [7, 11) is 0. The smallest absolute Gasteiger partial charge is 0.0751 e. The number of aliphatic hydroxyl groups is 1. The minimum Gasteiger partial charge on any atom is -0.394 e. The Kier molecular flexibility index (Phi) is 3.09. The molecule has 0 aromatic heterocycles. The van der Waals surface area contributed by atoms with Crippen LogP contribution < -0.4 is 5.32 Å². The van der Waals surface area contributed by atoms with Gasteiger partial charge in [0.1, 0.15) is 0 Å². The lowest BCUT2D eigenvalue weighted by atomic mass is 9.92. The molecule has 0 aliphatic carbocycles. The van der Waals surface area contributed by atoms with Crippen molar-refractivity contribution in [1.82, 2.24) is 5.32 Å². The van der Waals surface area contributed by atoms with Gasteiger partial charge in [0.05, 0.1) is 18.2 Å². The van der Waals surface area contributed by atoms with Gasteiger partial charge in [0.15, 0.2) is 0 Å². The third-order valence-corrected chi connectivity index (χ3v) is 2.55. The van der Waals surface area contributed by atoms with Crippen molar-refractivity contribution < 1.29 is 9.84 Å². The highest BCUT2D eigenvalue weighted by atomic mass is 16.5. The van der Waals surface area contributed by atoms with Crippen molar-refractivity contribution >= 4 is 0 Å². The Balaban J connectivity index is 2.61. The van der Waals surface area contributed by atoms with Crippen LogP contribution in [-0.2, 0) is 4.74 Å². The van der Waals surface area contributed by atoms with Crippen LogP contribution in [0, 0.1) is 0 Å². The summed E-state index contributed by atoms with van der Waals surface area (Å²) in [6.45, 7) is 7.09. The van der Waals surface area contributed by atoms with Crippen LogP contribution >= 0.6 is 0 Å². The Labute approximate surface area is 74.1 Å². The zero-order chi connectivity index (χ0) is 9.19. The lowest BCUT2D eigenvalue weighted by molar-refractivity contribution is 0.0497. The van der Waals surface area contributed by atoms with Crippen molar-refractivity contribution in [2.24, 2.45) is 0 Å². The molecule has 72 valence electrons. The second-order valence-corrected chi connectivity index (χ2v) is 3.88. The lowest BCUT2D eigenvalue weighted by Gasteiger charge is -2.33. The Morgan fingerprint density at radius 1 is 1.67 bits per heavy atom. The Morgan fingerprint density at radius 3 is 2.67 bits per heavy atom. The summed E-state index contributed by atoms with van der Waals surface area (Å²) in [4.78, 5) is 0. The molecule has 0 bridgehead atoms. The SMILES string of the molecule is CC(C)NC1(CO)CCOC1C. The predicted octanol–water partition coefficient (Wildman–Crippen LogP) is 0.524. The van der Waals surface area contributed by atoms with E-state index in [-0.39, 0.29) is 18.2 Å². The van der Waals surface area contributed by atoms with Crippen molar-refractivity contribution in [3.05, 3.63) is 0 Å². The molecule has 2 unspecified atom stereocenters. The molecular weight excluding hydrogens is 154 g/mol. The molecule has 0 amide bonds. The van der Waals surface area contributed by atoms with Crippen LogP contribution in [0.5, 0.6) is 0 Å². The molecular formula is C9H19NO2. The maximum absolute atomic E-state index is 9.29. The summed E-state index contributed by atoms with van der Waals surface area (Å²) in [5, 5.41) is 12.7. The van der Waals surface area contributed by atoms with Crippen LogP contribution in [0.3, 0.4) is 0 Å². The molecule has 0 aromatic carbocycles. The Morgan fingerprint density at radius 2 is 2.33 bits per heavy atom. The first-order valence-electron chi connectivity index (χ1n) is 4.61. The van der Waals surface area contributed by atoms with Gasteiger partial charge in [-0.05, 0) is 13.3 Å². The number of rotatable bonds is 3. The zero-order valence-corrected chi connectivity index (χ0v) is 8.13. The van der Waals surface area contributed by atoms with Crippen molar-refractivity contribution in [2.45, 2.75) is 44.9 Å². The van der Waals surface area contributed by atoms with E-state index in [1.54, 1.807) is 0 Å². The minimum atomic E-state index is -0.200. The van der Waals surface area contributed by atoms with E-state index in [2.05, 4.69) is 19.2 Å². The van der Waals surface area contributed by atoms with Gasteiger partial charge in [-0.3, -0.25) is 0 Å². The first-order chi connectivity index (χ1) is 5.60. The van der Waals surface area contributed by atoms with Gasteiger partial charge in [-0.1, -0.05) is 13.8 Å². The fourth-order valence-corrected chi connectivity index (χ4v) is 1.80. The topological polar surface area (TPSA) is 41.5 Å². The van der Waals surface area contributed by atoms with E-state index in [9.17, 15) is 5.11 Å². The zero-order valence-electron chi connectivity index (χ0n) is 8.13. The van der Waals surface area contributed by atoms with Crippen LogP contribution in [-0.4, -0.2) is 36.0 Å². The molecule has 3 nitrogen and oxygen atoms in total. The summed E-state index contributed by atoms with van der Waals surface area (Å²) in [6, 6.07) is 0.390. The van der Waals surface area contributed by atoms with Crippen LogP contribution in [0.25, 0.3) is 0 Å². The van der Waals surface area contributed by atoms with Gasteiger partial charge in [0, 0.05) is 12.6 Å². The van der Waals surface area contributed by atoms with Crippen molar-refractivity contribution in [3.8, 4) is 0 Å².